The number of anilines is 1. The Labute approximate surface area is 121 Å². The molecule has 0 aliphatic carbocycles. The Kier molecular flexibility index (Phi) is 5.46. The Balaban J connectivity index is 2.53. The molecule has 1 aromatic carbocycles. The lowest BCUT2D eigenvalue weighted by molar-refractivity contribution is 0.0526. The van der Waals surface area contributed by atoms with Gasteiger partial charge in [-0.1, -0.05) is 0 Å². The second-order valence-corrected chi connectivity index (χ2v) is 5.65. The minimum Gasteiger partial charge on any atom is -0.444 e. The average molecular weight is 304 g/mol. The van der Waals surface area contributed by atoms with Crippen LogP contribution in [0.3, 0.4) is 0 Å². The number of hydrogen-bond donors (Lipinski definition) is 2. The van der Waals surface area contributed by atoms with E-state index in [0.717, 1.165) is 12.1 Å². The molecule has 7 heteroatoms. The van der Waals surface area contributed by atoms with Gasteiger partial charge in [0.1, 0.15) is 5.60 Å². The van der Waals surface area contributed by atoms with Crippen molar-refractivity contribution in [3.05, 3.63) is 29.6 Å². The van der Waals surface area contributed by atoms with Gasteiger partial charge in [0.15, 0.2) is 17.5 Å². The largest absolute Gasteiger partial charge is 0.444 e. The Hall–Kier alpha value is -1.92. The highest BCUT2D eigenvalue weighted by Crippen LogP contribution is 2.20. The van der Waals surface area contributed by atoms with Crippen LogP contribution in [0, 0.1) is 17.5 Å². The lowest BCUT2D eigenvalue weighted by Crippen LogP contribution is -2.38. The van der Waals surface area contributed by atoms with Gasteiger partial charge in [0.2, 0.25) is 0 Å². The maximum atomic E-state index is 13.5. The molecule has 0 fully saturated rings. The number of ether oxygens (including phenoxy) is 1. The van der Waals surface area contributed by atoms with Crippen LogP contribution in [0.4, 0.5) is 23.7 Å². The number of carbonyl (C=O) groups is 1. The monoisotopic (exact) mass is 304 g/mol. The molecule has 0 heterocycles. The molecule has 0 spiro atoms. The highest BCUT2D eigenvalue weighted by Gasteiger charge is 2.18. The number of rotatable bonds is 4. The first-order chi connectivity index (χ1) is 9.60. The molecule has 1 rings (SSSR count). The Morgan fingerprint density at radius 1 is 1.24 bits per heavy atom. The number of carbonyl (C=O) groups excluding carboxylic acids is 1. The summed E-state index contributed by atoms with van der Waals surface area (Å²) in [5, 5.41) is 5.14. The van der Waals surface area contributed by atoms with Crippen molar-refractivity contribution in [2.45, 2.75) is 39.3 Å². The molecule has 4 nitrogen and oxygen atoms in total. The summed E-state index contributed by atoms with van der Waals surface area (Å²) < 4.78 is 44.3. The maximum Gasteiger partial charge on any atom is 0.407 e. The molecule has 1 aromatic rings. The predicted molar refractivity (Wildman–Crippen MR) is 73.6 cm³/mol. The molecule has 0 aromatic heterocycles. The van der Waals surface area contributed by atoms with Crippen molar-refractivity contribution in [2.75, 3.05) is 11.9 Å². The molecule has 0 saturated heterocycles. The van der Waals surface area contributed by atoms with Crippen molar-refractivity contribution < 1.29 is 22.7 Å². The van der Waals surface area contributed by atoms with E-state index >= 15 is 0 Å². The van der Waals surface area contributed by atoms with Gasteiger partial charge in [-0.05, 0) is 39.8 Å². The summed E-state index contributed by atoms with van der Waals surface area (Å²) in [6.07, 6.45) is -0.609. The molecule has 2 N–H and O–H groups in total. The third kappa shape index (κ3) is 5.53. The number of hydrogen-bond acceptors (Lipinski definition) is 3. The quantitative estimate of drug-likeness (QED) is 0.838. The summed E-state index contributed by atoms with van der Waals surface area (Å²) in [6, 6.07) is 1.52. The fourth-order valence-corrected chi connectivity index (χ4v) is 1.50. The van der Waals surface area contributed by atoms with E-state index in [0.29, 0.717) is 0 Å². The first-order valence-electron chi connectivity index (χ1n) is 6.47. The smallest absolute Gasteiger partial charge is 0.407 e. The van der Waals surface area contributed by atoms with Crippen LogP contribution in [0.2, 0.25) is 0 Å². The highest BCUT2D eigenvalue weighted by molar-refractivity contribution is 5.67. The van der Waals surface area contributed by atoms with E-state index in [1.807, 2.05) is 0 Å². The second-order valence-electron chi connectivity index (χ2n) is 5.65. The number of nitrogens with one attached hydrogen (secondary N) is 2. The van der Waals surface area contributed by atoms with Crippen LogP contribution in [-0.2, 0) is 4.74 Å². The minimum atomic E-state index is -1.53. The summed E-state index contributed by atoms with van der Waals surface area (Å²) in [5.41, 5.74) is -0.792. The fourth-order valence-electron chi connectivity index (χ4n) is 1.50. The van der Waals surface area contributed by atoms with E-state index in [2.05, 4.69) is 10.6 Å². The summed E-state index contributed by atoms with van der Waals surface area (Å²) >= 11 is 0. The normalized spacial score (nSPS) is 12.7. The van der Waals surface area contributed by atoms with Gasteiger partial charge in [-0.2, -0.15) is 0 Å². The van der Waals surface area contributed by atoms with Gasteiger partial charge < -0.3 is 15.4 Å². The predicted octanol–water partition coefficient (Wildman–Crippen LogP) is 3.43. The first kappa shape index (κ1) is 17.1. The fraction of sp³-hybridized carbons (Fsp3) is 0.500. The summed E-state index contributed by atoms with van der Waals surface area (Å²) in [6.45, 7) is 6.96. The lowest BCUT2D eigenvalue weighted by Gasteiger charge is -2.21. The van der Waals surface area contributed by atoms with Gasteiger partial charge >= 0.3 is 6.09 Å². The van der Waals surface area contributed by atoms with Crippen molar-refractivity contribution in [2.24, 2.45) is 0 Å². The Morgan fingerprint density at radius 2 is 1.86 bits per heavy atom. The zero-order valence-corrected chi connectivity index (χ0v) is 12.4. The van der Waals surface area contributed by atoms with Crippen molar-refractivity contribution in [3.63, 3.8) is 0 Å². The van der Waals surface area contributed by atoms with Crippen molar-refractivity contribution >= 4 is 11.8 Å². The molecule has 0 aliphatic rings. The molecule has 0 saturated carbocycles. The molecule has 118 valence electrons. The second kappa shape index (κ2) is 6.69. The molecule has 21 heavy (non-hydrogen) atoms. The van der Waals surface area contributed by atoms with E-state index in [9.17, 15) is 18.0 Å². The van der Waals surface area contributed by atoms with Gasteiger partial charge in [0, 0.05) is 12.6 Å². The summed E-state index contributed by atoms with van der Waals surface area (Å²) in [5.74, 6) is -4.08. The zero-order chi connectivity index (χ0) is 16.2. The van der Waals surface area contributed by atoms with Crippen LogP contribution in [0.15, 0.2) is 12.1 Å². The summed E-state index contributed by atoms with van der Waals surface area (Å²) in [4.78, 5) is 11.4. The van der Waals surface area contributed by atoms with Gasteiger partial charge in [-0.25, -0.2) is 18.0 Å². The van der Waals surface area contributed by atoms with Crippen LogP contribution in [0.1, 0.15) is 27.7 Å². The Bertz CT molecular complexity index is 516. The van der Waals surface area contributed by atoms with Crippen LogP contribution in [0.5, 0.6) is 0 Å². The zero-order valence-electron chi connectivity index (χ0n) is 12.4. The van der Waals surface area contributed by atoms with Crippen molar-refractivity contribution in [1.82, 2.24) is 5.32 Å². The first-order valence-corrected chi connectivity index (χ1v) is 6.47. The molecular formula is C14H19F3N2O2. The minimum absolute atomic E-state index is 0.132. The van der Waals surface area contributed by atoms with Crippen LogP contribution in [0.25, 0.3) is 0 Å². The van der Waals surface area contributed by atoms with E-state index < -0.39 is 35.2 Å². The number of halogens is 3. The maximum absolute atomic E-state index is 13.5. The lowest BCUT2D eigenvalue weighted by atomic mass is 10.2. The standard InChI is InChI=1S/C14H19F3N2O2/c1-8(7-18-13(20)21-14(2,3)4)19-10-6-5-9(15)11(16)12(10)17/h5-6,8,19H,7H2,1-4H3,(H,18,20). The third-order valence-electron chi connectivity index (χ3n) is 2.39. The van der Waals surface area contributed by atoms with E-state index in [1.165, 1.54) is 0 Å². The van der Waals surface area contributed by atoms with E-state index in [-0.39, 0.29) is 12.2 Å². The van der Waals surface area contributed by atoms with Gasteiger partial charge in [-0.15, -0.1) is 0 Å². The number of amides is 1. The van der Waals surface area contributed by atoms with Gasteiger partial charge in [-0.3, -0.25) is 0 Å². The van der Waals surface area contributed by atoms with Crippen molar-refractivity contribution in [3.8, 4) is 0 Å². The topological polar surface area (TPSA) is 50.4 Å². The molecular weight excluding hydrogens is 285 g/mol. The molecule has 1 unspecified atom stereocenters. The Morgan fingerprint density at radius 3 is 2.43 bits per heavy atom. The van der Waals surface area contributed by atoms with Crippen LogP contribution in [-0.4, -0.2) is 24.3 Å². The highest BCUT2D eigenvalue weighted by atomic mass is 19.2. The average Bonchev–Trinajstić information content (AvgIpc) is 2.35. The molecule has 1 atom stereocenters. The van der Waals surface area contributed by atoms with Crippen LogP contribution >= 0.6 is 0 Å². The number of alkyl carbamates (subject to hydrolysis) is 1. The SMILES string of the molecule is CC(CNC(=O)OC(C)(C)C)Nc1ccc(F)c(F)c1F. The van der Waals surface area contributed by atoms with Gasteiger partial charge in [0.25, 0.3) is 0 Å². The molecule has 0 aliphatic heterocycles. The van der Waals surface area contributed by atoms with Crippen molar-refractivity contribution in [1.29, 1.82) is 0 Å². The summed E-state index contributed by atoms with van der Waals surface area (Å²) in [7, 11) is 0. The van der Waals surface area contributed by atoms with E-state index in [1.54, 1.807) is 27.7 Å². The number of benzene rings is 1. The van der Waals surface area contributed by atoms with Crippen LogP contribution < -0.4 is 10.6 Å². The molecule has 1 amide bonds. The van der Waals surface area contributed by atoms with E-state index in [4.69, 9.17) is 4.74 Å². The van der Waals surface area contributed by atoms with Gasteiger partial charge in [0.05, 0.1) is 5.69 Å². The third-order valence-corrected chi connectivity index (χ3v) is 2.39. The molecule has 0 radical (unpaired) electrons. The molecule has 0 bridgehead atoms.